The number of unbranched alkanes of at least 4 members (excludes halogenated alkanes) is 1. The number of allylic oxidation sites excluding steroid dienone is 2. The summed E-state index contributed by atoms with van der Waals surface area (Å²) in [7, 11) is 0. The predicted octanol–water partition coefficient (Wildman–Crippen LogP) is 6.03. The van der Waals surface area contributed by atoms with Crippen molar-refractivity contribution >= 4 is 11.8 Å². The summed E-state index contributed by atoms with van der Waals surface area (Å²) < 4.78 is 5.83. The normalized spacial score (nSPS) is 43.6. The Morgan fingerprint density at radius 1 is 1.24 bits per heavy atom. The van der Waals surface area contributed by atoms with Crippen molar-refractivity contribution in [2.45, 2.75) is 91.1 Å². The van der Waals surface area contributed by atoms with Gasteiger partial charge in [0.1, 0.15) is 6.10 Å². The van der Waals surface area contributed by atoms with Crippen molar-refractivity contribution in [3.05, 3.63) is 24.3 Å². The topological polar surface area (TPSA) is 43.4 Å². The van der Waals surface area contributed by atoms with Crippen LogP contribution in [0.1, 0.15) is 85.0 Å². The molecule has 0 aliphatic heterocycles. The molecule has 4 aliphatic rings. The van der Waals surface area contributed by atoms with E-state index in [1.165, 1.54) is 31.3 Å². The third-order valence-corrected chi connectivity index (χ3v) is 9.34. The van der Waals surface area contributed by atoms with Crippen LogP contribution in [0.25, 0.3) is 0 Å². The maximum Gasteiger partial charge on any atom is 0.302 e. The Balaban J connectivity index is 1.67. The van der Waals surface area contributed by atoms with Crippen molar-refractivity contribution in [1.29, 1.82) is 0 Å². The molecule has 0 amide bonds. The zero-order chi connectivity index (χ0) is 20.8. The molecule has 4 rings (SSSR count). The number of hydrogen-bond acceptors (Lipinski definition) is 3. The Hall–Kier alpha value is -1.38. The maximum absolute atomic E-state index is 12.2. The number of rotatable bonds is 5. The molecule has 4 aliphatic carbocycles. The molecule has 3 fully saturated rings. The lowest BCUT2D eigenvalue weighted by Crippen LogP contribution is -2.54. The van der Waals surface area contributed by atoms with E-state index >= 15 is 0 Å². The summed E-state index contributed by atoms with van der Waals surface area (Å²) in [6.45, 7) is 10.3. The van der Waals surface area contributed by atoms with Crippen LogP contribution >= 0.6 is 0 Å². The first-order valence-corrected chi connectivity index (χ1v) is 11.8. The molecule has 3 nitrogen and oxygen atoms in total. The summed E-state index contributed by atoms with van der Waals surface area (Å²) in [5, 5.41) is 0. The first kappa shape index (κ1) is 20.9. The molecule has 160 valence electrons. The molecule has 7 atom stereocenters. The van der Waals surface area contributed by atoms with Gasteiger partial charge >= 0.3 is 5.97 Å². The number of carbonyl (C=O) groups is 2. The van der Waals surface area contributed by atoms with Gasteiger partial charge in [0.05, 0.1) is 0 Å². The third-order valence-electron chi connectivity index (χ3n) is 9.34. The molecule has 3 saturated carbocycles. The average molecular weight is 399 g/mol. The minimum atomic E-state index is -0.131. The fraction of sp³-hybridized carbons (Fsp3) is 0.769. The fourth-order valence-corrected chi connectivity index (χ4v) is 7.87. The van der Waals surface area contributed by atoms with Crippen molar-refractivity contribution < 1.29 is 14.3 Å². The van der Waals surface area contributed by atoms with Gasteiger partial charge in [0.2, 0.25) is 0 Å². The van der Waals surface area contributed by atoms with E-state index < -0.39 is 0 Å². The lowest BCUT2D eigenvalue weighted by Gasteiger charge is -2.60. The van der Waals surface area contributed by atoms with Crippen LogP contribution in [0.15, 0.2) is 24.3 Å². The van der Waals surface area contributed by atoms with Gasteiger partial charge in [-0.05, 0) is 93.0 Å². The summed E-state index contributed by atoms with van der Waals surface area (Å²) >= 11 is 0. The van der Waals surface area contributed by atoms with Gasteiger partial charge in [-0.15, -0.1) is 6.58 Å². The number of ketones is 1. The molecule has 0 spiro atoms. The molecule has 0 heterocycles. The first-order valence-electron chi connectivity index (χ1n) is 11.8. The molecule has 3 heteroatoms. The minimum Gasteiger partial charge on any atom is -0.462 e. The first-order chi connectivity index (χ1) is 13.8. The van der Waals surface area contributed by atoms with Crippen molar-refractivity contribution in [1.82, 2.24) is 0 Å². The Labute approximate surface area is 176 Å². The van der Waals surface area contributed by atoms with E-state index in [2.05, 4.69) is 20.4 Å². The SMILES string of the molecule is C=CCCC[C@@H]1CC2=CC(=O)CC[C@]2(C)C2CC[C@@]3(C)C(CC[C@@H]3OC(C)=O)C21. The molecule has 3 unspecified atom stereocenters. The van der Waals surface area contributed by atoms with Crippen LogP contribution in [0.3, 0.4) is 0 Å². The van der Waals surface area contributed by atoms with Gasteiger partial charge in [0.25, 0.3) is 0 Å². The second kappa shape index (κ2) is 7.71. The van der Waals surface area contributed by atoms with E-state index in [1.54, 1.807) is 6.92 Å². The minimum absolute atomic E-state index is 0.0810. The van der Waals surface area contributed by atoms with Gasteiger partial charge in [-0.25, -0.2) is 0 Å². The Morgan fingerprint density at radius 3 is 2.76 bits per heavy atom. The van der Waals surface area contributed by atoms with E-state index in [4.69, 9.17) is 4.74 Å². The highest BCUT2D eigenvalue weighted by Gasteiger charge is 2.61. The number of hydrogen-bond donors (Lipinski definition) is 0. The summed E-state index contributed by atoms with van der Waals surface area (Å²) in [6.07, 6.45) is 15.0. The smallest absolute Gasteiger partial charge is 0.302 e. The average Bonchev–Trinajstić information content (AvgIpc) is 2.99. The summed E-state index contributed by atoms with van der Waals surface area (Å²) in [4.78, 5) is 24.0. The molecular weight excluding hydrogens is 360 g/mol. The largest absolute Gasteiger partial charge is 0.462 e. The van der Waals surface area contributed by atoms with Crippen LogP contribution in [0.4, 0.5) is 0 Å². The molecule has 0 aromatic carbocycles. The highest BCUT2D eigenvalue weighted by molar-refractivity contribution is 5.91. The Bertz CT molecular complexity index is 721. The molecule has 0 aromatic heterocycles. The summed E-state index contributed by atoms with van der Waals surface area (Å²) in [6, 6.07) is 0. The van der Waals surface area contributed by atoms with Gasteiger partial charge in [0, 0.05) is 18.8 Å². The second-order valence-electron chi connectivity index (χ2n) is 10.7. The zero-order valence-corrected chi connectivity index (χ0v) is 18.5. The molecule has 0 N–H and O–H groups in total. The number of esters is 1. The van der Waals surface area contributed by atoms with Crippen molar-refractivity contribution in [3.8, 4) is 0 Å². The molecular formula is C26H38O3. The third kappa shape index (κ3) is 3.43. The van der Waals surface area contributed by atoms with E-state index in [1.807, 2.05) is 12.2 Å². The molecule has 0 aromatic rings. The van der Waals surface area contributed by atoms with Crippen LogP contribution in [0.5, 0.6) is 0 Å². The highest BCUT2D eigenvalue weighted by Crippen LogP contribution is 2.67. The molecule has 29 heavy (non-hydrogen) atoms. The lowest BCUT2D eigenvalue weighted by atomic mass is 9.44. The van der Waals surface area contributed by atoms with Crippen molar-refractivity contribution in [3.63, 3.8) is 0 Å². The van der Waals surface area contributed by atoms with Gasteiger partial charge in [-0.3, -0.25) is 9.59 Å². The van der Waals surface area contributed by atoms with Crippen LogP contribution in [-0.2, 0) is 14.3 Å². The van der Waals surface area contributed by atoms with Crippen molar-refractivity contribution in [2.75, 3.05) is 0 Å². The van der Waals surface area contributed by atoms with E-state index in [-0.39, 0.29) is 22.9 Å². The fourth-order valence-electron chi connectivity index (χ4n) is 7.87. The zero-order valence-electron chi connectivity index (χ0n) is 18.5. The van der Waals surface area contributed by atoms with Gasteiger partial charge in [0.15, 0.2) is 5.78 Å². The molecule has 0 saturated heterocycles. The standard InChI is InChI=1S/C26H38O3/c1-5-6-7-8-18-15-19-16-20(28)11-13-25(19,3)22-12-14-26(4)21(24(18)22)9-10-23(26)29-17(2)27/h5,16,18,21-24H,1,6-15H2,2-4H3/t18-,21?,22?,23+,24?,25+,26+/m1/s1. The van der Waals surface area contributed by atoms with Gasteiger partial charge in [-0.2, -0.15) is 0 Å². The van der Waals surface area contributed by atoms with Crippen molar-refractivity contribution in [2.24, 2.45) is 34.5 Å². The predicted molar refractivity (Wildman–Crippen MR) is 115 cm³/mol. The molecule has 0 bridgehead atoms. The van der Waals surface area contributed by atoms with Crippen LogP contribution in [0.2, 0.25) is 0 Å². The maximum atomic E-state index is 12.2. The number of fused-ring (bicyclic) bond motifs is 5. The van der Waals surface area contributed by atoms with Crippen LogP contribution in [-0.4, -0.2) is 17.9 Å². The monoisotopic (exact) mass is 398 g/mol. The van der Waals surface area contributed by atoms with E-state index in [0.29, 0.717) is 35.9 Å². The van der Waals surface area contributed by atoms with Crippen LogP contribution in [0, 0.1) is 34.5 Å². The van der Waals surface area contributed by atoms with Gasteiger partial charge in [-0.1, -0.05) is 25.5 Å². The second-order valence-corrected chi connectivity index (χ2v) is 10.7. The molecule has 0 radical (unpaired) electrons. The lowest BCUT2D eigenvalue weighted by molar-refractivity contribution is -0.159. The van der Waals surface area contributed by atoms with E-state index in [0.717, 1.165) is 32.1 Å². The van der Waals surface area contributed by atoms with Crippen LogP contribution < -0.4 is 0 Å². The van der Waals surface area contributed by atoms with E-state index in [9.17, 15) is 9.59 Å². The Morgan fingerprint density at radius 2 is 2.03 bits per heavy atom. The summed E-state index contributed by atoms with van der Waals surface area (Å²) in [5.41, 5.74) is 1.75. The number of carbonyl (C=O) groups excluding carboxylic acids is 2. The quantitative estimate of drug-likeness (QED) is 0.322. The summed E-state index contributed by atoms with van der Waals surface area (Å²) in [5.74, 6) is 2.83. The Kier molecular flexibility index (Phi) is 5.55. The number of ether oxygens (including phenoxy) is 1. The highest BCUT2D eigenvalue weighted by atomic mass is 16.5. The van der Waals surface area contributed by atoms with Gasteiger partial charge < -0.3 is 4.74 Å².